The third-order valence-electron chi connectivity index (χ3n) is 2.52. The molecule has 0 amide bonds. The predicted molar refractivity (Wildman–Crippen MR) is 43.0 cm³/mol. The summed E-state index contributed by atoms with van der Waals surface area (Å²) in [7, 11) is 1.45. The first kappa shape index (κ1) is 8.31. The minimum absolute atomic E-state index is 0.0666. The Kier molecular flexibility index (Phi) is 2.32. The van der Waals surface area contributed by atoms with Crippen molar-refractivity contribution in [3.63, 3.8) is 0 Å². The molecule has 0 aromatic rings. The van der Waals surface area contributed by atoms with Crippen molar-refractivity contribution in [3.05, 3.63) is 11.6 Å². The Balaban J connectivity index is 2.51. The molecule has 0 unspecified atom stereocenters. The lowest BCUT2D eigenvalue weighted by atomic mass is 9.70. The van der Waals surface area contributed by atoms with Crippen LogP contribution in [0.3, 0.4) is 0 Å². The molecule has 0 aromatic heterocycles. The molecular weight excluding hydrogens is 140 g/mol. The minimum Gasteiger partial charge on any atom is -0.469 e. The van der Waals surface area contributed by atoms with Gasteiger partial charge in [0.15, 0.2) is 0 Å². The number of hydrogen-bond acceptors (Lipinski definition) is 2. The molecule has 11 heavy (non-hydrogen) atoms. The first-order valence-corrected chi connectivity index (χ1v) is 3.93. The van der Waals surface area contributed by atoms with E-state index in [1.807, 2.05) is 6.92 Å². The van der Waals surface area contributed by atoms with Gasteiger partial charge in [0.1, 0.15) is 0 Å². The molecule has 1 rings (SSSR count). The second kappa shape index (κ2) is 3.07. The van der Waals surface area contributed by atoms with Crippen LogP contribution in [-0.2, 0) is 9.53 Å². The summed E-state index contributed by atoms with van der Waals surface area (Å²) in [5.41, 5.74) is 1.38. The van der Waals surface area contributed by atoms with Crippen molar-refractivity contribution in [1.82, 2.24) is 0 Å². The highest BCUT2D eigenvalue weighted by atomic mass is 16.5. The maximum atomic E-state index is 11.0. The van der Waals surface area contributed by atoms with Gasteiger partial charge in [-0.25, -0.2) is 0 Å². The molecule has 0 spiro atoms. The van der Waals surface area contributed by atoms with Crippen molar-refractivity contribution >= 4 is 5.97 Å². The molecule has 2 atom stereocenters. The van der Waals surface area contributed by atoms with Crippen LogP contribution in [0.2, 0.25) is 0 Å². The summed E-state index contributed by atoms with van der Waals surface area (Å²) in [6, 6.07) is 0. The van der Waals surface area contributed by atoms with Crippen LogP contribution in [0, 0.1) is 11.8 Å². The van der Waals surface area contributed by atoms with E-state index in [1.165, 1.54) is 12.7 Å². The van der Waals surface area contributed by atoms with Crippen LogP contribution in [0.4, 0.5) is 0 Å². The quantitative estimate of drug-likeness (QED) is 0.425. The first-order chi connectivity index (χ1) is 5.20. The van der Waals surface area contributed by atoms with Crippen molar-refractivity contribution < 1.29 is 9.53 Å². The van der Waals surface area contributed by atoms with Gasteiger partial charge in [-0.2, -0.15) is 0 Å². The molecule has 0 saturated heterocycles. The third kappa shape index (κ3) is 1.30. The van der Waals surface area contributed by atoms with Crippen LogP contribution >= 0.6 is 0 Å². The summed E-state index contributed by atoms with van der Waals surface area (Å²) in [4.78, 5) is 11.0. The average molecular weight is 154 g/mol. The smallest absolute Gasteiger partial charge is 0.309 e. The fourth-order valence-corrected chi connectivity index (χ4v) is 1.53. The predicted octanol–water partition coefficient (Wildman–Crippen LogP) is 1.76. The van der Waals surface area contributed by atoms with E-state index in [0.29, 0.717) is 5.92 Å². The zero-order valence-corrected chi connectivity index (χ0v) is 7.26. The van der Waals surface area contributed by atoms with Crippen LogP contribution in [0.15, 0.2) is 11.6 Å². The minimum atomic E-state index is -0.0666. The molecule has 0 N–H and O–H groups in total. The van der Waals surface area contributed by atoms with Gasteiger partial charge in [-0.05, 0) is 19.3 Å². The summed E-state index contributed by atoms with van der Waals surface area (Å²) in [5, 5.41) is 0. The van der Waals surface area contributed by atoms with Gasteiger partial charge in [0.05, 0.1) is 13.0 Å². The van der Waals surface area contributed by atoms with Gasteiger partial charge in [-0.3, -0.25) is 4.79 Å². The Labute approximate surface area is 67.2 Å². The highest BCUT2D eigenvalue weighted by molar-refractivity contribution is 5.75. The van der Waals surface area contributed by atoms with E-state index in [0.717, 1.165) is 6.42 Å². The summed E-state index contributed by atoms with van der Waals surface area (Å²) in [6.45, 7) is 4.08. The van der Waals surface area contributed by atoms with Gasteiger partial charge in [0.25, 0.3) is 0 Å². The molecule has 1 saturated carbocycles. The van der Waals surface area contributed by atoms with Crippen LogP contribution < -0.4 is 0 Å². The number of carbonyl (C=O) groups excluding carboxylic acids is 1. The Bertz CT molecular complexity index is 194. The molecule has 62 valence electrons. The second-order valence-corrected chi connectivity index (χ2v) is 2.99. The average Bonchev–Trinajstić information content (AvgIpc) is 2.02. The number of esters is 1. The summed E-state index contributed by atoms with van der Waals surface area (Å²) < 4.78 is 4.65. The van der Waals surface area contributed by atoms with Gasteiger partial charge in [0.2, 0.25) is 0 Å². The summed E-state index contributed by atoms with van der Waals surface area (Å²) in [5.74, 6) is 0.446. The molecular formula is C9H14O2. The van der Waals surface area contributed by atoms with Crippen LogP contribution in [-0.4, -0.2) is 13.1 Å². The topological polar surface area (TPSA) is 26.3 Å². The number of ether oxygens (including phenoxy) is 1. The van der Waals surface area contributed by atoms with Crippen molar-refractivity contribution in [3.8, 4) is 0 Å². The van der Waals surface area contributed by atoms with Crippen LogP contribution in [0.5, 0.6) is 0 Å². The van der Waals surface area contributed by atoms with Gasteiger partial charge >= 0.3 is 5.97 Å². The van der Waals surface area contributed by atoms with E-state index >= 15 is 0 Å². The van der Waals surface area contributed by atoms with Crippen LogP contribution in [0.1, 0.15) is 20.3 Å². The van der Waals surface area contributed by atoms with E-state index in [9.17, 15) is 4.79 Å². The maximum absolute atomic E-state index is 11.0. The molecule has 0 bridgehead atoms. The lowest BCUT2D eigenvalue weighted by Crippen LogP contribution is -2.34. The van der Waals surface area contributed by atoms with E-state index < -0.39 is 0 Å². The van der Waals surface area contributed by atoms with Crippen molar-refractivity contribution in [2.75, 3.05) is 7.11 Å². The zero-order chi connectivity index (χ0) is 8.43. The van der Waals surface area contributed by atoms with E-state index in [-0.39, 0.29) is 11.9 Å². The van der Waals surface area contributed by atoms with Gasteiger partial charge < -0.3 is 4.74 Å². The molecule has 1 aliphatic rings. The third-order valence-corrected chi connectivity index (χ3v) is 2.52. The van der Waals surface area contributed by atoms with E-state index in [4.69, 9.17) is 0 Å². The highest BCUT2D eigenvalue weighted by Gasteiger charge is 2.37. The Hall–Kier alpha value is -0.790. The first-order valence-electron chi connectivity index (χ1n) is 3.93. The van der Waals surface area contributed by atoms with E-state index in [2.05, 4.69) is 17.7 Å². The molecule has 0 aliphatic heterocycles. The van der Waals surface area contributed by atoms with Gasteiger partial charge in [-0.15, -0.1) is 0 Å². The fraction of sp³-hybridized carbons (Fsp3) is 0.667. The molecule has 0 radical (unpaired) electrons. The maximum Gasteiger partial charge on any atom is 0.309 e. The number of hydrogen-bond donors (Lipinski definition) is 0. The Morgan fingerprint density at radius 2 is 2.36 bits per heavy atom. The molecule has 1 fully saturated rings. The lowest BCUT2D eigenvalue weighted by molar-refractivity contribution is -0.148. The van der Waals surface area contributed by atoms with Crippen molar-refractivity contribution in [2.45, 2.75) is 20.3 Å². The van der Waals surface area contributed by atoms with Crippen LogP contribution in [0.25, 0.3) is 0 Å². The second-order valence-electron chi connectivity index (χ2n) is 2.99. The largest absolute Gasteiger partial charge is 0.469 e. The standard InChI is InChI=1S/C9H14O2/c1-4-7-5-8(6(7)2)9(10)11-3/h4,6,8H,5H2,1-3H3/b7-4+/t6-,8-/m1/s1. The molecule has 0 heterocycles. The van der Waals surface area contributed by atoms with Gasteiger partial charge in [-0.1, -0.05) is 18.6 Å². The Morgan fingerprint density at radius 1 is 1.73 bits per heavy atom. The normalized spacial score (nSPS) is 33.2. The Morgan fingerprint density at radius 3 is 2.73 bits per heavy atom. The zero-order valence-electron chi connectivity index (χ0n) is 7.26. The monoisotopic (exact) mass is 154 g/mol. The SMILES string of the molecule is C/C=C1\C[C@@H](C(=O)OC)[C@@H]1C. The number of rotatable bonds is 1. The fourth-order valence-electron chi connectivity index (χ4n) is 1.53. The van der Waals surface area contributed by atoms with Gasteiger partial charge in [0, 0.05) is 0 Å². The summed E-state index contributed by atoms with van der Waals surface area (Å²) >= 11 is 0. The molecule has 1 aliphatic carbocycles. The van der Waals surface area contributed by atoms with Crippen molar-refractivity contribution in [1.29, 1.82) is 0 Å². The molecule has 2 nitrogen and oxygen atoms in total. The molecule has 2 heteroatoms. The summed E-state index contributed by atoms with van der Waals surface area (Å²) in [6.07, 6.45) is 2.98. The number of carbonyl (C=O) groups is 1. The highest BCUT2D eigenvalue weighted by Crippen LogP contribution is 2.39. The molecule has 0 aromatic carbocycles. The van der Waals surface area contributed by atoms with E-state index in [1.54, 1.807) is 0 Å². The van der Waals surface area contributed by atoms with Crippen molar-refractivity contribution in [2.24, 2.45) is 11.8 Å². The number of methoxy groups -OCH3 is 1. The lowest BCUT2D eigenvalue weighted by Gasteiger charge is -2.34. The number of allylic oxidation sites excluding steroid dienone is 2.